The number of Topliss-reactive ketones (excluding diaryl/α,β-unsaturated/α-hetero) is 1. The number of methoxy groups -OCH3 is 1. The van der Waals surface area contributed by atoms with Gasteiger partial charge in [-0.1, -0.05) is 72.1 Å². The van der Waals surface area contributed by atoms with Gasteiger partial charge < -0.3 is 25.5 Å². The van der Waals surface area contributed by atoms with Crippen LogP contribution in [0.2, 0.25) is 0 Å². The van der Waals surface area contributed by atoms with Gasteiger partial charge in [0.1, 0.15) is 5.78 Å². The molecule has 8 nitrogen and oxygen atoms in total. The number of hydrogen-bond donors (Lipinski definition) is 3. The van der Waals surface area contributed by atoms with Crippen molar-refractivity contribution in [3.63, 3.8) is 0 Å². The van der Waals surface area contributed by atoms with Crippen LogP contribution in [0.1, 0.15) is 75.3 Å². The lowest BCUT2D eigenvalue weighted by Crippen LogP contribution is -2.49. The molecule has 6 rings (SSSR count). The van der Waals surface area contributed by atoms with Gasteiger partial charge in [-0.25, -0.2) is 4.98 Å². The van der Waals surface area contributed by atoms with Crippen LogP contribution in [-0.4, -0.2) is 50.0 Å². The second-order valence-electron chi connectivity index (χ2n) is 12.5. The molecule has 2 aromatic rings. The molecule has 4 bridgehead atoms. The van der Waals surface area contributed by atoms with Crippen LogP contribution in [0.4, 0.5) is 0 Å². The van der Waals surface area contributed by atoms with Crippen molar-refractivity contribution in [3.05, 3.63) is 83.6 Å². The van der Waals surface area contributed by atoms with Crippen molar-refractivity contribution in [2.75, 3.05) is 7.11 Å². The number of carbonyl (C=O) groups excluding carboxylic acids is 2. The third kappa shape index (κ3) is 6.42. The summed E-state index contributed by atoms with van der Waals surface area (Å²) in [6, 6.07) is 3.49. The average molecular weight is 647 g/mol. The SMILES string of the molecule is CC[C@H]1CCC(=O)CC(=O)/C=C/c2cc(OC)c(O)cc2[C@@H]2/C=C/[C@H]1SS[C@@H](C1(n3ccnc3)CCCC1)C1=CC2=CNC1N. The molecule has 2 aliphatic carbocycles. The van der Waals surface area contributed by atoms with E-state index in [1.165, 1.54) is 13.2 Å². The van der Waals surface area contributed by atoms with Gasteiger partial charge in [0, 0.05) is 36.2 Å². The maximum atomic E-state index is 12.9. The van der Waals surface area contributed by atoms with Crippen molar-refractivity contribution < 1.29 is 19.4 Å². The molecule has 1 aromatic heterocycles. The van der Waals surface area contributed by atoms with Gasteiger partial charge in [-0.15, -0.1) is 0 Å². The molecule has 4 aliphatic rings. The van der Waals surface area contributed by atoms with Gasteiger partial charge in [-0.3, -0.25) is 9.59 Å². The molecule has 1 unspecified atom stereocenters. The molecule has 0 amide bonds. The molecule has 10 heteroatoms. The zero-order valence-electron chi connectivity index (χ0n) is 25.9. The third-order valence-corrected chi connectivity index (χ3v) is 13.2. The molecular formula is C35H42N4O4S2. The minimum atomic E-state index is -0.359. The monoisotopic (exact) mass is 646 g/mol. The van der Waals surface area contributed by atoms with Crippen molar-refractivity contribution in [1.82, 2.24) is 14.9 Å². The Bertz CT molecular complexity index is 1540. The molecule has 0 radical (unpaired) electrons. The number of rotatable bonds is 4. The number of imidazole rings is 1. The summed E-state index contributed by atoms with van der Waals surface area (Å²) < 4.78 is 7.76. The van der Waals surface area contributed by atoms with E-state index in [-0.39, 0.29) is 57.8 Å². The fourth-order valence-electron chi connectivity index (χ4n) is 7.30. The lowest BCUT2D eigenvalue weighted by Gasteiger charge is -2.43. The number of benzene rings is 1. The summed E-state index contributed by atoms with van der Waals surface area (Å²) in [7, 11) is 5.28. The first kappa shape index (κ1) is 31.8. The number of hydrogen-bond acceptors (Lipinski definition) is 9. The Balaban J connectivity index is 1.56. The van der Waals surface area contributed by atoms with Gasteiger partial charge in [0.2, 0.25) is 0 Å². The number of phenols is 1. The number of aromatic nitrogens is 2. The van der Waals surface area contributed by atoms with E-state index < -0.39 is 0 Å². The van der Waals surface area contributed by atoms with Gasteiger partial charge >= 0.3 is 0 Å². The third-order valence-electron chi connectivity index (χ3n) is 9.84. The van der Waals surface area contributed by atoms with Crippen molar-refractivity contribution in [3.8, 4) is 11.5 Å². The number of nitrogens with zero attached hydrogens (tertiary/aromatic N) is 2. The molecular weight excluding hydrogens is 605 g/mol. The van der Waals surface area contributed by atoms with Gasteiger partial charge in [0.05, 0.1) is 36.8 Å². The fourth-order valence-corrected chi connectivity index (χ4v) is 11.3. The van der Waals surface area contributed by atoms with Gasteiger partial charge in [-0.05, 0) is 65.7 Å². The Morgan fingerprint density at radius 2 is 2.00 bits per heavy atom. The number of nitrogens with two attached hydrogens (primary N) is 1. The van der Waals surface area contributed by atoms with E-state index >= 15 is 0 Å². The second-order valence-corrected chi connectivity index (χ2v) is 15.0. The first-order valence-corrected chi connectivity index (χ1v) is 18.2. The van der Waals surface area contributed by atoms with Crippen molar-refractivity contribution in [2.24, 2.45) is 11.7 Å². The van der Waals surface area contributed by atoms with Crippen LogP contribution < -0.4 is 15.8 Å². The first-order chi connectivity index (χ1) is 21.8. The molecule has 5 atom stereocenters. The zero-order chi connectivity index (χ0) is 31.6. The van der Waals surface area contributed by atoms with E-state index in [4.69, 9.17) is 10.5 Å². The number of carbonyl (C=O) groups is 2. The van der Waals surface area contributed by atoms with Crippen LogP contribution in [0.25, 0.3) is 6.08 Å². The Kier molecular flexibility index (Phi) is 9.63. The number of ketones is 2. The van der Waals surface area contributed by atoms with Crippen molar-refractivity contribution in [1.29, 1.82) is 0 Å². The molecule has 4 N–H and O–H groups in total. The Morgan fingerprint density at radius 1 is 1.18 bits per heavy atom. The molecule has 2 aliphatic heterocycles. The molecule has 0 saturated heterocycles. The number of aromatic hydroxyl groups is 1. The number of fused-ring (bicyclic) bond motifs is 6. The van der Waals surface area contributed by atoms with Gasteiger partial charge in [-0.2, -0.15) is 0 Å². The summed E-state index contributed by atoms with van der Waals surface area (Å²) in [6.07, 6.45) is 23.8. The summed E-state index contributed by atoms with van der Waals surface area (Å²) in [6.45, 7) is 2.18. The standard InChI is InChI=1S/C35H42N4O4S2/c1-3-22-6-8-25(40)18-26(41)9-7-23-17-31(43-2)30(42)19-28(23)27-10-11-32(22)44-45-33(29-16-24(27)20-38-34(29)36)35(12-4-5-13-35)39-15-14-37-21-39/h7,9-11,14-17,19-22,27,32-34,38,42H,3-6,8,12-13,18,36H2,1-2H3/b9-7+,11-10+/t22-,27+,32+,33+,34?/m0/s1. The van der Waals surface area contributed by atoms with Crippen LogP contribution in [-0.2, 0) is 15.1 Å². The van der Waals surface area contributed by atoms with E-state index in [0.717, 1.165) is 60.8 Å². The maximum Gasteiger partial charge on any atom is 0.163 e. The minimum Gasteiger partial charge on any atom is -0.504 e. The van der Waals surface area contributed by atoms with Crippen LogP contribution in [0.5, 0.6) is 11.5 Å². The van der Waals surface area contributed by atoms with Gasteiger partial charge in [0.15, 0.2) is 17.3 Å². The average Bonchev–Trinajstić information content (AvgIpc) is 3.75. The number of allylic oxidation sites excluding steroid dienone is 4. The van der Waals surface area contributed by atoms with E-state index in [2.05, 4.69) is 46.2 Å². The van der Waals surface area contributed by atoms with E-state index in [0.29, 0.717) is 12.2 Å². The largest absolute Gasteiger partial charge is 0.504 e. The topological polar surface area (TPSA) is 119 Å². The predicted molar refractivity (Wildman–Crippen MR) is 182 cm³/mol. The van der Waals surface area contributed by atoms with Gasteiger partial charge in [0.25, 0.3) is 0 Å². The number of dihydropyridines is 1. The highest BCUT2D eigenvalue weighted by atomic mass is 33.1. The van der Waals surface area contributed by atoms with Crippen molar-refractivity contribution in [2.45, 2.75) is 86.4 Å². The summed E-state index contributed by atoms with van der Waals surface area (Å²) in [5.41, 5.74) is 10.5. The summed E-state index contributed by atoms with van der Waals surface area (Å²) in [5.74, 6) is 0.0806. The highest BCUT2D eigenvalue weighted by Crippen LogP contribution is 2.54. The van der Waals surface area contributed by atoms with Crippen LogP contribution in [0.3, 0.4) is 0 Å². The number of nitrogens with one attached hydrogen (secondary N) is 1. The molecule has 1 fully saturated rings. The lowest BCUT2D eigenvalue weighted by atomic mass is 9.81. The fraction of sp³-hybridized carbons (Fsp3) is 0.457. The normalized spacial score (nSPS) is 29.9. The Hall–Kier alpha value is -3.21. The molecule has 238 valence electrons. The Morgan fingerprint density at radius 3 is 2.73 bits per heavy atom. The predicted octanol–water partition coefficient (Wildman–Crippen LogP) is 6.40. The number of ether oxygens (including phenoxy) is 1. The second kappa shape index (κ2) is 13.6. The highest BCUT2D eigenvalue weighted by Gasteiger charge is 2.47. The van der Waals surface area contributed by atoms with Crippen molar-refractivity contribution >= 4 is 39.2 Å². The summed E-state index contributed by atoms with van der Waals surface area (Å²) in [4.78, 5) is 30.2. The first-order valence-electron chi connectivity index (χ1n) is 15.9. The van der Waals surface area contributed by atoms with E-state index in [1.807, 2.05) is 40.3 Å². The zero-order valence-corrected chi connectivity index (χ0v) is 27.5. The highest BCUT2D eigenvalue weighted by molar-refractivity contribution is 8.77. The van der Waals surface area contributed by atoms with Crippen LogP contribution >= 0.6 is 21.6 Å². The van der Waals surface area contributed by atoms with Crippen LogP contribution in [0, 0.1) is 5.92 Å². The van der Waals surface area contributed by atoms with E-state index in [9.17, 15) is 14.7 Å². The molecule has 45 heavy (non-hydrogen) atoms. The molecule has 0 spiro atoms. The summed E-state index contributed by atoms with van der Waals surface area (Å²) >= 11 is 0. The maximum absolute atomic E-state index is 12.9. The van der Waals surface area contributed by atoms with Crippen LogP contribution in [0.15, 0.2) is 72.5 Å². The molecule has 1 aromatic carbocycles. The molecule has 3 heterocycles. The number of phenolic OH excluding ortho intramolecular Hbond substituents is 1. The quantitative estimate of drug-likeness (QED) is 0.197. The van der Waals surface area contributed by atoms with E-state index in [1.54, 1.807) is 18.2 Å². The Labute approximate surface area is 273 Å². The lowest BCUT2D eigenvalue weighted by molar-refractivity contribution is -0.124. The minimum absolute atomic E-state index is 0.0267. The molecule has 1 saturated carbocycles. The smallest absolute Gasteiger partial charge is 0.163 e. The summed E-state index contributed by atoms with van der Waals surface area (Å²) in [5, 5.41) is 14.6.